The van der Waals surface area contributed by atoms with Gasteiger partial charge in [-0.3, -0.25) is 10.1 Å². The van der Waals surface area contributed by atoms with Gasteiger partial charge in [-0.1, -0.05) is 40.2 Å². The first-order valence-corrected chi connectivity index (χ1v) is 8.19. The molecule has 0 saturated heterocycles. The van der Waals surface area contributed by atoms with Crippen molar-refractivity contribution in [2.24, 2.45) is 0 Å². The largest absolute Gasteiger partial charge is 0.272 e. The van der Waals surface area contributed by atoms with Crippen molar-refractivity contribution < 1.29 is 4.92 Å². The van der Waals surface area contributed by atoms with E-state index in [1.807, 2.05) is 35.7 Å². The van der Waals surface area contributed by atoms with Crippen LogP contribution in [-0.4, -0.2) is 9.91 Å². The predicted octanol–water partition coefficient (Wildman–Crippen LogP) is 5.46. The number of nitro groups is 1. The molecule has 0 amide bonds. The zero-order chi connectivity index (χ0) is 15.7. The maximum atomic E-state index is 11.1. The van der Waals surface area contributed by atoms with E-state index in [1.54, 1.807) is 19.1 Å². The zero-order valence-corrected chi connectivity index (χ0v) is 14.0. The first-order chi connectivity index (χ1) is 10.5. The minimum absolute atomic E-state index is 0.120. The number of thiazole rings is 1. The second kappa shape index (κ2) is 5.98. The third-order valence-electron chi connectivity index (χ3n) is 3.28. The summed E-state index contributed by atoms with van der Waals surface area (Å²) in [5.74, 6) is 0. The molecule has 3 rings (SSSR count). The molecule has 0 unspecified atom stereocenters. The lowest BCUT2D eigenvalue weighted by Crippen LogP contribution is -1.92. The van der Waals surface area contributed by atoms with Gasteiger partial charge < -0.3 is 0 Å². The number of nitro benzene ring substituents is 1. The second-order valence-corrected chi connectivity index (χ2v) is 6.58. The molecule has 1 aromatic heterocycles. The van der Waals surface area contributed by atoms with Gasteiger partial charge in [0, 0.05) is 32.6 Å². The van der Waals surface area contributed by atoms with E-state index in [9.17, 15) is 10.1 Å². The van der Waals surface area contributed by atoms with E-state index in [4.69, 9.17) is 0 Å². The van der Waals surface area contributed by atoms with Crippen LogP contribution in [0.2, 0.25) is 0 Å². The summed E-state index contributed by atoms with van der Waals surface area (Å²) < 4.78 is 0.993. The topological polar surface area (TPSA) is 56.0 Å². The first kappa shape index (κ1) is 14.9. The van der Waals surface area contributed by atoms with Crippen LogP contribution in [0.15, 0.2) is 52.3 Å². The molecule has 0 radical (unpaired) electrons. The Kier molecular flexibility index (Phi) is 4.04. The Morgan fingerprint density at radius 2 is 2.00 bits per heavy atom. The number of rotatable bonds is 3. The molecule has 22 heavy (non-hydrogen) atoms. The van der Waals surface area contributed by atoms with Crippen molar-refractivity contribution in [2.75, 3.05) is 0 Å². The zero-order valence-electron chi connectivity index (χ0n) is 11.6. The molecule has 0 saturated carbocycles. The average molecular weight is 375 g/mol. The summed E-state index contributed by atoms with van der Waals surface area (Å²) >= 11 is 4.97. The summed E-state index contributed by atoms with van der Waals surface area (Å²) in [5.41, 5.74) is 3.30. The van der Waals surface area contributed by atoms with Crippen molar-refractivity contribution in [3.05, 3.63) is 68.0 Å². The maximum Gasteiger partial charge on any atom is 0.272 e. The fourth-order valence-electron chi connectivity index (χ4n) is 2.13. The van der Waals surface area contributed by atoms with Crippen LogP contribution in [0.25, 0.3) is 21.8 Å². The normalized spacial score (nSPS) is 10.6. The first-order valence-electron chi connectivity index (χ1n) is 6.51. The van der Waals surface area contributed by atoms with Crippen LogP contribution in [0.4, 0.5) is 5.69 Å². The van der Waals surface area contributed by atoms with Gasteiger partial charge in [-0.2, -0.15) is 0 Å². The lowest BCUT2D eigenvalue weighted by atomic mass is 10.1. The second-order valence-electron chi connectivity index (χ2n) is 4.81. The molecule has 110 valence electrons. The maximum absolute atomic E-state index is 11.1. The number of hydrogen-bond donors (Lipinski definition) is 0. The smallest absolute Gasteiger partial charge is 0.258 e. The minimum Gasteiger partial charge on any atom is -0.258 e. The van der Waals surface area contributed by atoms with Gasteiger partial charge in [0.25, 0.3) is 5.69 Å². The minimum atomic E-state index is -0.361. The standard InChI is InChI=1S/C16H11BrN2O2S/c1-10-5-6-11(8-15(10)19(20)21)14-9-22-16(18-14)12-3-2-4-13(17)7-12/h2-9H,1H3. The molecule has 6 heteroatoms. The van der Waals surface area contributed by atoms with Gasteiger partial charge in [0.2, 0.25) is 0 Å². The molecule has 3 aromatic rings. The molecule has 4 nitrogen and oxygen atoms in total. The SMILES string of the molecule is Cc1ccc(-c2csc(-c3cccc(Br)c3)n2)cc1[N+](=O)[O-]. The molecule has 0 aliphatic rings. The van der Waals surface area contributed by atoms with E-state index in [0.29, 0.717) is 5.56 Å². The van der Waals surface area contributed by atoms with Crippen molar-refractivity contribution in [1.29, 1.82) is 0 Å². The number of aryl methyl sites for hydroxylation is 1. The van der Waals surface area contributed by atoms with Crippen LogP contribution < -0.4 is 0 Å². The van der Waals surface area contributed by atoms with Gasteiger partial charge in [-0.15, -0.1) is 11.3 Å². The highest BCUT2D eigenvalue weighted by Crippen LogP contribution is 2.32. The van der Waals surface area contributed by atoms with Crippen LogP contribution >= 0.6 is 27.3 Å². The number of hydrogen-bond acceptors (Lipinski definition) is 4. The van der Waals surface area contributed by atoms with Crippen molar-refractivity contribution in [3.8, 4) is 21.8 Å². The fourth-order valence-corrected chi connectivity index (χ4v) is 3.35. The van der Waals surface area contributed by atoms with Gasteiger partial charge >= 0.3 is 0 Å². The third-order valence-corrected chi connectivity index (χ3v) is 4.66. The Balaban J connectivity index is 2.01. The van der Waals surface area contributed by atoms with Gasteiger partial charge in [0.05, 0.1) is 10.6 Å². The van der Waals surface area contributed by atoms with Gasteiger partial charge in [0.1, 0.15) is 5.01 Å². The highest BCUT2D eigenvalue weighted by Gasteiger charge is 2.14. The van der Waals surface area contributed by atoms with Gasteiger partial charge in [0.15, 0.2) is 0 Å². The van der Waals surface area contributed by atoms with E-state index >= 15 is 0 Å². The number of nitrogens with zero attached hydrogens (tertiary/aromatic N) is 2. The summed E-state index contributed by atoms with van der Waals surface area (Å²) in [4.78, 5) is 15.3. The van der Waals surface area contributed by atoms with E-state index in [1.165, 1.54) is 11.3 Å². The highest BCUT2D eigenvalue weighted by molar-refractivity contribution is 9.10. The highest BCUT2D eigenvalue weighted by atomic mass is 79.9. The molecule has 0 N–H and O–H groups in total. The lowest BCUT2D eigenvalue weighted by molar-refractivity contribution is -0.385. The van der Waals surface area contributed by atoms with E-state index in [0.717, 1.165) is 26.3 Å². The predicted molar refractivity (Wildman–Crippen MR) is 92.1 cm³/mol. The fraction of sp³-hybridized carbons (Fsp3) is 0.0625. The monoisotopic (exact) mass is 374 g/mol. The van der Waals surface area contributed by atoms with Gasteiger partial charge in [-0.25, -0.2) is 4.98 Å². The molecular weight excluding hydrogens is 364 g/mol. The Morgan fingerprint density at radius 3 is 2.73 bits per heavy atom. The van der Waals surface area contributed by atoms with Crippen LogP contribution in [0, 0.1) is 17.0 Å². The van der Waals surface area contributed by atoms with Crippen molar-refractivity contribution >= 4 is 33.0 Å². The van der Waals surface area contributed by atoms with Crippen molar-refractivity contribution in [2.45, 2.75) is 6.92 Å². The number of halogens is 1. The molecule has 2 aromatic carbocycles. The Bertz CT molecular complexity index is 861. The third kappa shape index (κ3) is 2.93. The molecular formula is C16H11BrN2O2S. The van der Waals surface area contributed by atoms with Crippen molar-refractivity contribution in [3.63, 3.8) is 0 Å². The molecule has 0 bridgehead atoms. The molecule has 0 fully saturated rings. The van der Waals surface area contributed by atoms with Crippen molar-refractivity contribution in [1.82, 2.24) is 4.98 Å². The Labute approximate surface area is 139 Å². The quantitative estimate of drug-likeness (QED) is 0.451. The molecule has 0 aliphatic heterocycles. The molecule has 1 heterocycles. The van der Waals surface area contributed by atoms with E-state index in [-0.39, 0.29) is 10.6 Å². The van der Waals surface area contributed by atoms with E-state index < -0.39 is 0 Å². The molecule has 0 spiro atoms. The summed E-state index contributed by atoms with van der Waals surface area (Å²) in [6.45, 7) is 1.73. The van der Waals surface area contributed by atoms with E-state index in [2.05, 4.69) is 20.9 Å². The summed E-state index contributed by atoms with van der Waals surface area (Å²) in [7, 11) is 0. The Hall–Kier alpha value is -2.05. The summed E-state index contributed by atoms with van der Waals surface area (Å²) in [6, 6.07) is 13.1. The lowest BCUT2D eigenvalue weighted by Gasteiger charge is -2.00. The summed E-state index contributed by atoms with van der Waals surface area (Å²) in [6.07, 6.45) is 0. The van der Waals surface area contributed by atoms with Gasteiger partial charge in [-0.05, 0) is 19.1 Å². The number of aromatic nitrogens is 1. The summed E-state index contributed by atoms with van der Waals surface area (Å²) in [5, 5.41) is 13.9. The Morgan fingerprint density at radius 1 is 1.18 bits per heavy atom. The average Bonchev–Trinajstić information content (AvgIpc) is 2.97. The van der Waals surface area contributed by atoms with Crippen LogP contribution in [0.5, 0.6) is 0 Å². The molecule has 0 aliphatic carbocycles. The number of benzene rings is 2. The van der Waals surface area contributed by atoms with Crippen LogP contribution in [0.1, 0.15) is 5.56 Å². The molecule has 0 atom stereocenters. The van der Waals surface area contributed by atoms with Crippen LogP contribution in [-0.2, 0) is 0 Å². The van der Waals surface area contributed by atoms with Crippen LogP contribution in [0.3, 0.4) is 0 Å².